The van der Waals surface area contributed by atoms with Crippen molar-refractivity contribution in [3.8, 4) is 0 Å². The van der Waals surface area contributed by atoms with Crippen LogP contribution in [0.1, 0.15) is 34.1 Å². The van der Waals surface area contributed by atoms with Gasteiger partial charge in [-0.05, 0) is 18.6 Å². The molecule has 0 radical (unpaired) electrons. The van der Waals surface area contributed by atoms with E-state index in [0.29, 0.717) is 0 Å². The molecule has 0 aliphatic carbocycles. The third-order valence-corrected chi connectivity index (χ3v) is 2.72. The van der Waals surface area contributed by atoms with Crippen molar-refractivity contribution < 1.29 is 4.79 Å². The van der Waals surface area contributed by atoms with E-state index < -0.39 is 0 Å². The maximum absolute atomic E-state index is 11.2. The van der Waals surface area contributed by atoms with Crippen molar-refractivity contribution in [3.05, 3.63) is 24.4 Å². The Morgan fingerprint density at radius 2 is 1.95 bits per heavy atom. The summed E-state index contributed by atoms with van der Waals surface area (Å²) in [4.78, 5) is 17.6. The number of urea groups is 1. The first-order valence-corrected chi connectivity index (χ1v) is 7.44. The molecular formula is C15H31N4OP. The molecule has 122 valence electrons. The fraction of sp³-hybridized carbons (Fsp3) is 0.600. The molecule has 2 unspecified atom stereocenters. The van der Waals surface area contributed by atoms with Crippen LogP contribution in [0.25, 0.3) is 0 Å². The molecule has 2 amide bonds. The number of amides is 2. The van der Waals surface area contributed by atoms with E-state index in [4.69, 9.17) is 0 Å². The van der Waals surface area contributed by atoms with E-state index in [9.17, 15) is 4.79 Å². The molecule has 6 heteroatoms. The molecule has 1 aromatic heterocycles. The highest BCUT2D eigenvalue weighted by Crippen LogP contribution is 2.16. The molecule has 2 rings (SSSR count). The van der Waals surface area contributed by atoms with Crippen LogP contribution in [0.4, 0.5) is 10.6 Å². The number of rotatable bonds is 2. The van der Waals surface area contributed by atoms with Crippen molar-refractivity contribution in [2.24, 2.45) is 0 Å². The maximum Gasteiger partial charge on any atom is 0.314 e. The van der Waals surface area contributed by atoms with Gasteiger partial charge in [-0.25, -0.2) is 9.78 Å². The first-order chi connectivity index (χ1) is 9.79. The minimum absolute atomic E-state index is 0. The quantitative estimate of drug-likeness (QED) is 0.825. The summed E-state index contributed by atoms with van der Waals surface area (Å²) in [5, 5.41) is 5.47. The van der Waals surface area contributed by atoms with Crippen molar-refractivity contribution in [1.29, 1.82) is 0 Å². The van der Waals surface area contributed by atoms with Crippen LogP contribution < -0.4 is 15.5 Å². The van der Waals surface area contributed by atoms with E-state index in [1.165, 1.54) is 0 Å². The SMILES string of the molecule is CC.CC.CNC(=O)NC1CCN(c2ccccn2)C1.P. The van der Waals surface area contributed by atoms with E-state index in [0.717, 1.165) is 25.3 Å². The van der Waals surface area contributed by atoms with Crippen LogP contribution in [-0.4, -0.2) is 37.2 Å². The van der Waals surface area contributed by atoms with Gasteiger partial charge in [0.1, 0.15) is 5.82 Å². The lowest BCUT2D eigenvalue weighted by atomic mass is 10.3. The standard InChI is InChI=1S/C11H16N4O.2C2H6.H3P/c1-12-11(16)14-9-5-7-15(8-9)10-4-2-3-6-13-10;2*1-2;/h2-4,6,9H,5,7-8H2,1H3,(H2,12,14,16);2*1-2H3;1H3. The summed E-state index contributed by atoms with van der Waals surface area (Å²) in [6.45, 7) is 9.76. The lowest BCUT2D eigenvalue weighted by Crippen LogP contribution is -2.42. The normalized spacial score (nSPS) is 15.5. The van der Waals surface area contributed by atoms with E-state index in [1.807, 2.05) is 45.9 Å². The second-order valence-electron chi connectivity index (χ2n) is 3.84. The Kier molecular flexibility index (Phi) is 14.2. The van der Waals surface area contributed by atoms with Crippen molar-refractivity contribution in [1.82, 2.24) is 15.6 Å². The van der Waals surface area contributed by atoms with Crippen LogP contribution in [0.2, 0.25) is 0 Å². The number of anilines is 1. The van der Waals surface area contributed by atoms with Gasteiger partial charge in [-0.15, -0.1) is 0 Å². The topological polar surface area (TPSA) is 57.3 Å². The molecule has 2 atom stereocenters. The van der Waals surface area contributed by atoms with Gasteiger partial charge < -0.3 is 15.5 Å². The highest BCUT2D eigenvalue weighted by atomic mass is 31.0. The summed E-state index contributed by atoms with van der Waals surface area (Å²) in [7, 11) is 1.63. The first kappa shape index (κ1) is 21.9. The molecule has 21 heavy (non-hydrogen) atoms. The summed E-state index contributed by atoms with van der Waals surface area (Å²) >= 11 is 0. The fourth-order valence-electron chi connectivity index (χ4n) is 1.88. The molecule has 2 N–H and O–H groups in total. The predicted molar refractivity (Wildman–Crippen MR) is 96.2 cm³/mol. The second-order valence-corrected chi connectivity index (χ2v) is 3.84. The van der Waals surface area contributed by atoms with Gasteiger partial charge in [-0.2, -0.15) is 9.90 Å². The molecule has 1 aromatic rings. The molecule has 1 aliphatic rings. The molecule has 0 saturated carbocycles. The van der Waals surface area contributed by atoms with E-state index in [1.54, 1.807) is 13.2 Å². The number of aromatic nitrogens is 1. The zero-order valence-corrected chi connectivity index (χ0v) is 15.4. The molecule has 0 aromatic carbocycles. The minimum atomic E-state index is -0.118. The summed E-state index contributed by atoms with van der Waals surface area (Å²) in [6, 6.07) is 5.96. The van der Waals surface area contributed by atoms with E-state index in [-0.39, 0.29) is 22.0 Å². The van der Waals surface area contributed by atoms with E-state index >= 15 is 0 Å². The molecule has 2 heterocycles. The van der Waals surface area contributed by atoms with Crippen LogP contribution in [0.3, 0.4) is 0 Å². The number of carbonyl (C=O) groups excluding carboxylic acids is 1. The van der Waals surface area contributed by atoms with Gasteiger partial charge in [-0.1, -0.05) is 33.8 Å². The van der Waals surface area contributed by atoms with Gasteiger partial charge in [0.15, 0.2) is 0 Å². The van der Waals surface area contributed by atoms with Gasteiger partial charge in [0.25, 0.3) is 0 Å². The molecule has 1 aliphatic heterocycles. The Bertz CT molecular complexity index is 362. The number of nitrogens with zero attached hydrogens (tertiary/aromatic N) is 2. The Hall–Kier alpha value is -1.35. The summed E-state index contributed by atoms with van der Waals surface area (Å²) in [5.74, 6) is 0.976. The van der Waals surface area contributed by atoms with E-state index in [2.05, 4.69) is 20.5 Å². The number of nitrogens with one attached hydrogen (secondary N) is 2. The Labute approximate surface area is 132 Å². The zero-order valence-electron chi connectivity index (χ0n) is 14.0. The van der Waals surface area contributed by atoms with Gasteiger partial charge in [0, 0.05) is 32.4 Å². The van der Waals surface area contributed by atoms with Crippen LogP contribution in [0.5, 0.6) is 0 Å². The highest BCUT2D eigenvalue weighted by Gasteiger charge is 2.24. The largest absolute Gasteiger partial charge is 0.354 e. The van der Waals surface area contributed by atoms with Crippen molar-refractivity contribution >= 4 is 21.7 Å². The fourth-order valence-corrected chi connectivity index (χ4v) is 1.88. The molecule has 0 bridgehead atoms. The highest BCUT2D eigenvalue weighted by molar-refractivity contribution is 6.92. The van der Waals surface area contributed by atoms with Gasteiger partial charge in [0.05, 0.1) is 0 Å². The third-order valence-electron chi connectivity index (χ3n) is 2.72. The number of hydrogen-bond acceptors (Lipinski definition) is 3. The lowest BCUT2D eigenvalue weighted by Gasteiger charge is -2.17. The van der Waals surface area contributed by atoms with Crippen LogP contribution in [-0.2, 0) is 0 Å². The number of carbonyl (C=O) groups is 1. The van der Waals surface area contributed by atoms with Crippen molar-refractivity contribution in [2.75, 3.05) is 25.0 Å². The van der Waals surface area contributed by atoms with Crippen molar-refractivity contribution in [2.45, 2.75) is 40.2 Å². The number of hydrogen-bond donors (Lipinski definition) is 2. The Morgan fingerprint density at radius 1 is 1.29 bits per heavy atom. The minimum Gasteiger partial charge on any atom is -0.354 e. The Morgan fingerprint density at radius 3 is 2.48 bits per heavy atom. The summed E-state index contributed by atoms with van der Waals surface area (Å²) in [5.41, 5.74) is 0. The van der Waals surface area contributed by atoms with Gasteiger partial charge >= 0.3 is 6.03 Å². The third kappa shape index (κ3) is 7.86. The van der Waals surface area contributed by atoms with Gasteiger partial charge in [-0.3, -0.25) is 0 Å². The van der Waals surface area contributed by atoms with Crippen LogP contribution in [0, 0.1) is 0 Å². The monoisotopic (exact) mass is 314 g/mol. The lowest BCUT2D eigenvalue weighted by molar-refractivity contribution is 0.240. The molecule has 0 spiro atoms. The smallest absolute Gasteiger partial charge is 0.314 e. The summed E-state index contributed by atoms with van der Waals surface area (Å²) < 4.78 is 0. The van der Waals surface area contributed by atoms with Crippen molar-refractivity contribution in [3.63, 3.8) is 0 Å². The zero-order chi connectivity index (χ0) is 15.4. The van der Waals surface area contributed by atoms with Gasteiger partial charge in [0.2, 0.25) is 0 Å². The second kappa shape index (κ2) is 13.6. The predicted octanol–water partition coefficient (Wildman–Crippen LogP) is 2.70. The number of pyridine rings is 1. The average molecular weight is 314 g/mol. The molecule has 5 nitrogen and oxygen atoms in total. The first-order valence-electron chi connectivity index (χ1n) is 7.44. The molecule has 1 fully saturated rings. The average Bonchev–Trinajstić information content (AvgIpc) is 3.00. The molecular weight excluding hydrogens is 283 g/mol. The van der Waals surface area contributed by atoms with Crippen LogP contribution in [0.15, 0.2) is 24.4 Å². The van der Waals surface area contributed by atoms with Crippen LogP contribution >= 0.6 is 9.90 Å². The Balaban J connectivity index is 0. The molecule has 1 saturated heterocycles. The maximum atomic E-state index is 11.2. The summed E-state index contributed by atoms with van der Waals surface area (Å²) in [6.07, 6.45) is 2.75.